The van der Waals surface area contributed by atoms with Crippen molar-refractivity contribution in [2.24, 2.45) is 0 Å². The van der Waals surface area contributed by atoms with E-state index in [1.807, 2.05) is 30.3 Å². The van der Waals surface area contributed by atoms with Gasteiger partial charge < -0.3 is 5.32 Å². The normalized spacial score (nSPS) is 10.6. The monoisotopic (exact) mass is 374 g/mol. The zero-order valence-electron chi connectivity index (χ0n) is 13.9. The SMILES string of the molecule is N#Cc1ccc(-c2cccc3ncnc(Nc4ccc(F)c(Cl)c4)c23)cc1. The molecule has 0 saturated carbocycles. The lowest BCUT2D eigenvalue weighted by Crippen LogP contribution is -1.98. The largest absolute Gasteiger partial charge is 0.340 e. The summed E-state index contributed by atoms with van der Waals surface area (Å²) in [4.78, 5) is 8.71. The van der Waals surface area contributed by atoms with Crippen molar-refractivity contribution in [3.63, 3.8) is 0 Å². The minimum atomic E-state index is -0.479. The van der Waals surface area contributed by atoms with Gasteiger partial charge in [-0.15, -0.1) is 0 Å². The standard InChI is InChI=1S/C21H12ClFN4/c22-17-10-15(8-9-18(17)23)27-21-20-16(2-1-3-19(20)25-12-26-21)14-6-4-13(11-24)5-7-14/h1-10,12H,(H,25,26,27). The van der Waals surface area contributed by atoms with Gasteiger partial charge in [-0.25, -0.2) is 14.4 Å². The molecule has 0 bridgehead atoms. The van der Waals surface area contributed by atoms with Crippen LogP contribution in [0.5, 0.6) is 0 Å². The molecular formula is C21H12ClFN4. The van der Waals surface area contributed by atoms with E-state index in [4.69, 9.17) is 16.9 Å². The van der Waals surface area contributed by atoms with Gasteiger partial charge in [0.2, 0.25) is 0 Å². The maximum atomic E-state index is 13.4. The van der Waals surface area contributed by atoms with Crippen molar-refractivity contribution in [2.75, 3.05) is 5.32 Å². The highest BCUT2D eigenvalue weighted by Crippen LogP contribution is 2.33. The third kappa shape index (κ3) is 3.31. The predicted molar refractivity (Wildman–Crippen MR) is 104 cm³/mol. The van der Waals surface area contributed by atoms with Crippen LogP contribution in [0.1, 0.15) is 5.56 Å². The Labute approximate surface area is 159 Å². The number of nitrogens with zero attached hydrogens (tertiary/aromatic N) is 3. The number of nitrogens with one attached hydrogen (secondary N) is 1. The molecule has 1 aromatic heterocycles. The molecule has 130 valence electrons. The van der Waals surface area contributed by atoms with Crippen LogP contribution in [0.2, 0.25) is 5.02 Å². The highest BCUT2D eigenvalue weighted by atomic mass is 35.5. The molecule has 0 unspecified atom stereocenters. The van der Waals surface area contributed by atoms with E-state index in [-0.39, 0.29) is 5.02 Å². The Morgan fingerprint density at radius 1 is 1.00 bits per heavy atom. The van der Waals surface area contributed by atoms with Crippen LogP contribution in [0, 0.1) is 17.1 Å². The van der Waals surface area contributed by atoms with Gasteiger partial charge in [-0.2, -0.15) is 5.26 Å². The molecule has 3 aromatic carbocycles. The number of nitriles is 1. The number of anilines is 2. The van der Waals surface area contributed by atoms with Gasteiger partial charge in [0.1, 0.15) is 18.0 Å². The van der Waals surface area contributed by atoms with E-state index in [0.29, 0.717) is 17.1 Å². The number of halogens is 2. The van der Waals surface area contributed by atoms with Crippen molar-refractivity contribution >= 4 is 34.0 Å². The fourth-order valence-corrected chi connectivity index (χ4v) is 3.06. The fraction of sp³-hybridized carbons (Fsp3) is 0. The molecule has 6 heteroatoms. The zero-order chi connectivity index (χ0) is 18.8. The Balaban J connectivity index is 1.86. The van der Waals surface area contributed by atoms with E-state index in [1.165, 1.54) is 18.5 Å². The predicted octanol–water partition coefficient (Wildman–Crippen LogP) is 5.70. The van der Waals surface area contributed by atoms with Crippen molar-refractivity contribution in [1.29, 1.82) is 5.26 Å². The maximum absolute atomic E-state index is 13.4. The molecule has 0 amide bonds. The molecule has 4 rings (SSSR count). The van der Waals surface area contributed by atoms with Crippen molar-refractivity contribution in [2.45, 2.75) is 0 Å². The zero-order valence-corrected chi connectivity index (χ0v) is 14.7. The topological polar surface area (TPSA) is 61.6 Å². The van der Waals surface area contributed by atoms with E-state index in [0.717, 1.165) is 22.0 Å². The number of hydrogen-bond acceptors (Lipinski definition) is 4. The van der Waals surface area contributed by atoms with Gasteiger partial charge in [0, 0.05) is 5.69 Å². The summed E-state index contributed by atoms with van der Waals surface area (Å²) in [5, 5.41) is 13.1. The summed E-state index contributed by atoms with van der Waals surface area (Å²) in [5.41, 5.74) is 3.84. The second-order valence-electron chi connectivity index (χ2n) is 5.87. The van der Waals surface area contributed by atoms with Gasteiger partial charge >= 0.3 is 0 Å². The minimum absolute atomic E-state index is 0.0330. The second kappa shape index (κ2) is 7.02. The van der Waals surface area contributed by atoms with Gasteiger partial charge in [-0.1, -0.05) is 35.9 Å². The first kappa shape index (κ1) is 17.0. The van der Waals surface area contributed by atoms with E-state index in [2.05, 4.69) is 21.4 Å². The lowest BCUT2D eigenvalue weighted by atomic mass is 10.00. The molecule has 0 aliphatic heterocycles. The van der Waals surface area contributed by atoms with Crippen molar-refractivity contribution in [1.82, 2.24) is 9.97 Å². The fourth-order valence-electron chi connectivity index (χ4n) is 2.88. The van der Waals surface area contributed by atoms with Gasteiger partial charge in [0.15, 0.2) is 0 Å². The Bertz CT molecular complexity index is 1180. The van der Waals surface area contributed by atoms with Crippen molar-refractivity contribution < 1.29 is 4.39 Å². The molecule has 0 aliphatic rings. The first-order valence-electron chi connectivity index (χ1n) is 8.12. The Morgan fingerprint density at radius 3 is 2.56 bits per heavy atom. The molecule has 0 radical (unpaired) electrons. The number of rotatable bonds is 3. The Hall–Kier alpha value is -3.49. The van der Waals surface area contributed by atoms with Crippen molar-refractivity contribution in [3.8, 4) is 17.2 Å². The molecule has 4 aromatic rings. The van der Waals surface area contributed by atoms with E-state index >= 15 is 0 Å². The van der Waals surface area contributed by atoms with Crippen LogP contribution in [0.4, 0.5) is 15.9 Å². The summed E-state index contributed by atoms with van der Waals surface area (Å²) < 4.78 is 13.4. The molecule has 0 spiro atoms. The molecule has 0 saturated heterocycles. The molecule has 0 fully saturated rings. The van der Waals surface area contributed by atoms with Crippen LogP contribution in [0.25, 0.3) is 22.0 Å². The molecule has 1 N–H and O–H groups in total. The molecule has 27 heavy (non-hydrogen) atoms. The quantitative estimate of drug-likeness (QED) is 0.499. The molecule has 0 aliphatic carbocycles. The lowest BCUT2D eigenvalue weighted by molar-refractivity contribution is 0.628. The third-order valence-corrected chi connectivity index (χ3v) is 4.46. The number of benzene rings is 3. The van der Waals surface area contributed by atoms with Crippen LogP contribution in [-0.2, 0) is 0 Å². The summed E-state index contributed by atoms with van der Waals surface area (Å²) in [7, 11) is 0. The van der Waals surface area contributed by atoms with E-state index < -0.39 is 5.82 Å². The molecule has 0 atom stereocenters. The average molecular weight is 375 g/mol. The number of hydrogen-bond donors (Lipinski definition) is 1. The van der Waals surface area contributed by atoms with Crippen molar-refractivity contribution in [3.05, 3.63) is 83.4 Å². The minimum Gasteiger partial charge on any atom is -0.340 e. The van der Waals surface area contributed by atoms with Gasteiger partial charge in [-0.3, -0.25) is 0 Å². The smallest absolute Gasteiger partial charge is 0.142 e. The van der Waals surface area contributed by atoms with Crippen LogP contribution < -0.4 is 5.32 Å². The third-order valence-electron chi connectivity index (χ3n) is 4.17. The highest BCUT2D eigenvalue weighted by molar-refractivity contribution is 6.31. The Kier molecular flexibility index (Phi) is 4.41. The first-order chi connectivity index (χ1) is 13.2. The highest BCUT2D eigenvalue weighted by Gasteiger charge is 2.12. The van der Waals surface area contributed by atoms with E-state index in [1.54, 1.807) is 18.2 Å². The average Bonchev–Trinajstić information content (AvgIpc) is 2.70. The first-order valence-corrected chi connectivity index (χ1v) is 8.50. The van der Waals surface area contributed by atoms with E-state index in [9.17, 15) is 4.39 Å². The van der Waals surface area contributed by atoms with Crippen LogP contribution in [-0.4, -0.2) is 9.97 Å². The lowest BCUT2D eigenvalue weighted by Gasteiger charge is -2.12. The number of aromatic nitrogens is 2. The summed E-state index contributed by atoms with van der Waals surface area (Å²) in [6.07, 6.45) is 1.47. The van der Waals surface area contributed by atoms with Gasteiger partial charge in [-0.05, 0) is 47.5 Å². The molecule has 1 heterocycles. The van der Waals surface area contributed by atoms with Crippen LogP contribution in [0.3, 0.4) is 0 Å². The Morgan fingerprint density at radius 2 is 1.81 bits per heavy atom. The summed E-state index contributed by atoms with van der Waals surface area (Å²) >= 11 is 5.88. The molecular weight excluding hydrogens is 363 g/mol. The maximum Gasteiger partial charge on any atom is 0.142 e. The summed E-state index contributed by atoms with van der Waals surface area (Å²) in [6.45, 7) is 0. The van der Waals surface area contributed by atoms with Crippen LogP contribution in [0.15, 0.2) is 67.0 Å². The second-order valence-corrected chi connectivity index (χ2v) is 6.27. The number of fused-ring (bicyclic) bond motifs is 1. The van der Waals surface area contributed by atoms with Gasteiger partial charge in [0.25, 0.3) is 0 Å². The van der Waals surface area contributed by atoms with Gasteiger partial charge in [0.05, 0.1) is 27.6 Å². The summed E-state index contributed by atoms with van der Waals surface area (Å²) in [6, 6.07) is 19.6. The van der Waals surface area contributed by atoms with Crippen LogP contribution >= 0.6 is 11.6 Å². The molecule has 4 nitrogen and oxygen atoms in total. The summed E-state index contributed by atoms with van der Waals surface area (Å²) in [5.74, 6) is 0.107.